The lowest BCUT2D eigenvalue weighted by Crippen LogP contribution is -2.24. The minimum absolute atomic E-state index is 0.314. The number of hydrogen-bond donors (Lipinski definition) is 1. The van der Waals surface area contributed by atoms with Crippen molar-refractivity contribution in [3.63, 3.8) is 0 Å². The zero-order valence-corrected chi connectivity index (χ0v) is 12.9. The van der Waals surface area contributed by atoms with Crippen molar-refractivity contribution in [3.8, 4) is 0 Å². The van der Waals surface area contributed by atoms with Gasteiger partial charge in [-0.3, -0.25) is 4.99 Å². The van der Waals surface area contributed by atoms with Crippen LogP contribution in [0.4, 0.5) is 0 Å². The molecule has 0 saturated carbocycles. The van der Waals surface area contributed by atoms with Gasteiger partial charge >= 0.3 is 0 Å². The fourth-order valence-corrected chi connectivity index (χ4v) is 3.84. The topological polar surface area (TPSA) is 37.3 Å². The Balaban J connectivity index is 1.93. The highest BCUT2D eigenvalue weighted by atomic mass is 32.2. The van der Waals surface area contributed by atoms with Gasteiger partial charge < -0.3 is 5.32 Å². The van der Waals surface area contributed by atoms with Gasteiger partial charge in [0.25, 0.3) is 0 Å². The second kappa shape index (κ2) is 6.57. The highest BCUT2D eigenvalue weighted by Gasteiger charge is 2.22. The number of thioether (sulfide) groups is 1. The summed E-state index contributed by atoms with van der Waals surface area (Å²) in [6.07, 6.45) is 4.10. The van der Waals surface area contributed by atoms with E-state index in [2.05, 4.69) is 31.1 Å². The van der Waals surface area contributed by atoms with Crippen molar-refractivity contribution in [3.05, 3.63) is 16.6 Å². The van der Waals surface area contributed by atoms with Crippen LogP contribution < -0.4 is 5.32 Å². The molecule has 0 aliphatic carbocycles. The van der Waals surface area contributed by atoms with Gasteiger partial charge in [0.1, 0.15) is 5.01 Å². The van der Waals surface area contributed by atoms with Gasteiger partial charge in [-0.05, 0) is 18.8 Å². The standard InChI is InChI=1S/C13H21N3S2/c1-4-11(12-14-5-6-17-12)16-13-15-10(8-18-13)7-9(2)3/h5-6,9-11H,4,7-8H2,1-3H3,(H,15,16). The summed E-state index contributed by atoms with van der Waals surface area (Å²) in [7, 11) is 0. The van der Waals surface area contributed by atoms with Gasteiger partial charge in [0.05, 0.1) is 12.1 Å². The minimum atomic E-state index is 0.314. The molecule has 2 atom stereocenters. The molecule has 0 fully saturated rings. The quantitative estimate of drug-likeness (QED) is 0.895. The van der Waals surface area contributed by atoms with Crippen LogP contribution in [0.15, 0.2) is 16.6 Å². The smallest absolute Gasteiger partial charge is 0.157 e. The molecule has 2 heterocycles. The number of aliphatic imine (C=N–C) groups is 1. The zero-order chi connectivity index (χ0) is 13.0. The Hall–Kier alpha value is -0.550. The Bertz CT molecular complexity index is 387. The molecule has 1 N–H and O–H groups in total. The Kier molecular flexibility index (Phi) is 5.06. The highest BCUT2D eigenvalue weighted by molar-refractivity contribution is 8.14. The average Bonchev–Trinajstić information content (AvgIpc) is 2.96. The number of hydrogen-bond acceptors (Lipinski definition) is 5. The highest BCUT2D eigenvalue weighted by Crippen LogP contribution is 2.25. The van der Waals surface area contributed by atoms with E-state index in [9.17, 15) is 0 Å². The molecule has 18 heavy (non-hydrogen) atoms. The van der Waals surface area contributed by atoms with Crippen LogP contribution in [0.3, 0.4) is 0 Å². The van der Waals surface area contributed by atoms with Crippen LogP contribution in [-0.4, -0.2) is 21.9 Å². The molecule has 1 aromatic rings. The molecule has 0 bridgehead atoms. The summed E-state index contributed by atoms with van der Waals surface area (Å²) in [6, 6.07) is 0.806. The third-order valence-corrected chi connectivity index (χ3v) is 4.85. The van der Waals surface area contributed by atoms with E-state index in [1.807, 2.05) is 23.3 Å². The molecular weight excluding hydrogens is 262 g/mol. The van der Waals surface area contributed by atoms with E-state index < -0.39 is 0 Å². The van der Waals surface area contributed by atoms with Crippen LogP contribution in [0.2, 0.25) is 0 Å². The summed E-state index contributed by atoms with van der Waals surface area (Å²) >= 11 is 3.56. The number of aromatic nitrogens is 1. The number of amidine groups is 1. The molecular formula is C13H21N3S2. The predicted octanol–water partition coefficient (Wildman–Crippen LogP) is 3.70. The van der Waals surface area contributed by atoms with Crippen molar-refractivity contribution >= 4 is 28.3 Å². The molecule has 1 aromatic heterocycles. The lowest BCUT2D eigenvalue weighted by atomic mass is 10.1. The van der Waals surface area contributed by atoms with E-state index in [0.717, 1.165) is 28.3 Å². The summed E-state index contributed by atoms with van der Waals surface area (Å²) in [4.78, 5) is 9.16. The van der Waals surface area contributed by atoms with E-state index in [-0.39, 0.29) is 0 Å². The number of rotatable bonds is 5. The van der Waals surface area contributed by atoms with Gasteiger partial charge in [-0.15, -0.1) is 11.3 Å². The Morgan fingerprint density at radius 3 is 2.94 bits per heavy atom. The normalized spacial score (nSPS) is 21.1. The lowest BCUT2D eigenvalue weighted by molar-refractivity contribution is 0.527. The Morgan fingerprint density at radius 2 is 2.33 bits per heavy atom. The number of nitrogens with zero attached hydrogens (tertiary/aromatic N) is 2. The molecule has 0 amide bonds. The van der Waals surface area contributed by atoms with Gasteiger partial charge in [-0.25, -0.2) is 4.98 Å². The first kappa shape index (κ1) is 13.9. The third kappa shape index (κ3) is 3.72. The van der Waals surface area contributed by atoms with Crippen LogP contribution in [-0.2, 0) is 0 Å². The molecule has 5 heteroatoms. The molecule has 0 saturated heterocycles. The Labute approximate surface area is 118 Å². The molecule has 3 nitrogen and oxygen atoms in total. The SMILES string of the molecule is CCC(NC1=NC(CC(C)C)CS1)c1nccs1. The summed E-state index contributed by atoms with van der Waals surface area (Å²) in [6.45, 7) is 6.71. The monoisotopic (exact) mass is 283 g/mol. The molecule has 100 valence electrons. The second-order valence-electron chi connectivity index (χ2n) is 5.00. The van der Waals surface area contributed by atoms with E-state index in [4.69, 9.17) is 4.99 Å². The van der Waals surface area contributed by atoms with Crippen molar-refractivity contribution in [2.75, 3.05) is 5.75 Å². The van der Waals surface area contributed by atoms with Gasteiger partial charge in [0.2, 0.25) is 0 Å². The van der Waals surface area contributed by atoms with Crippen molar-refractivity contribution in [2.45, 2.75) is 45.7 Å². The minimum Gasteiger partial charge on any atom is -0.356 e. The predicted molar refractivity (Wildman–Crippen MR) is 81.4 cm³/mol. The van der Waals surface area contributed by atoms with E-state index >= 15 is 0 Å². The van der Waals surface area contributed by atoms with Crippen molar-refractivity contribution in [1.29, 1.82) is 0 Å². The van der Waals surface area contributed by atoms with E-state index in [1.54, 1.807) is 11.3 Å². The lowest BCUT2D eigenvalue weighted by Gasteiger charge is -2.14. The van der Waals surface area contributed by atoms with Crippen LogP contribution >= 0.6 is 23.1 Å². The first-order valence-electron chi connectivity index (χ1n) is 6.55. The summed E-state index contributed by atoms with van der Waals surface area (Å²) in [5.41, 5.74) is 0. The van der Waals surface area contributed by atoms with Crippen LogP contribution in [0.1, 0.15) is 44.7 Å². The fourth-order valence-electron chi connectivity index (χ4n) is 2.05. The first-order valence-corrected chi connectivity index (χ1v) is 8.42. The van der Waals surface area contributed by atoms with Crippen molar-refractivity contribution in [2.24, 2.45) is 10.9 Å². The fraction of sp³-hybridized carbons (Fsp3) is 0.692. The van der Waals surface area contributed by atoms with Crippen molar-refractivity contribution < 1.29 is 0 Å². The zero-order valence-electron chi connectivity index (χ0n) is 11.2. The largest absolute Gasteiger partial charge is 0.356 e. The molecule has 1 aliphatic rings. The molecule has 0 radical (unpaired) electrons. The summed E-state index contributed by atoms with van der Waals surface area (Å²) < 4.78 is 0. The summed E-state index contributed by atoms with van der Waals surface area (Å²) in [5.74, 6) is 1.84. The molecule has 0 spiro atoms. The summed E-state index contributed by atoms with van der Waals surface area (Å²) in [5, 5.41) is 7.82. The molecule has 1 aliphatic heterocycles. The third-order valence-electron chi connectivity index (χ3n) is 2.91. The maximum Gasteiger partial charge on any atom is 0.157 e. The van der Waals surface area contributed by atoms with Gasteiger partial charge in [0, 0.05) is 17.3 Å². The molecule has 2 unspecified atom stereocenters. The Morgan fingerprint density at radius 1 is 1.50 bits per heavy atom. The van der Waals surface area contributed by atoms with Gasteiger partial charge in [-0.1, -0.05) is 32.5 Å². The number of thiazole rings is 1. The maximum absolute atomic E-state index is 4.77. The van der Waals surface area contributed by atoms with Gasteiger partial charge in [0.15, 0.2) is 5.17 Å². The van der Waals surface area contributed by atoms with Crippen LogP contribution in [0.5, 0.6) is 0 Å². The average molecular weight is 283 g/mol. The molecule has 2 rings (SSSR count). The van der Waals surface area contributed by atoms with Gasteiger partial charge in [-0.2, -0.15) is 0 Å². The first-order chi connectivity index (χ1) is 8.69. The van der Waals surface area contributed by atoms with Crippen LogP contribution in [0.25, 0.3) is 0 Å². The van der Waals surface area contributed by atoms with Crippen molar-refractivity contribution in [1.82, 2.24) is 10.3 Å². The molecule has 0 aromatic carbocycles. The van der Waals surface area contributed by atoms with E-state index in [0.29, 0.717) is 12.1 Å². The van der Waals surface area contributed by atoms with E-state index in [1.165, 1.54) is 6.42 Å². The van der Waals surface area contributed by atoms with Crippen LogP contribution in [0, 0.1) is 5.92 Å². The number of nitrogens with one attached hydrogen (secondary N) is 1. The second-order valence-corrected chi connectivity index (χ2v) is 6.94. The maximum atomic E-state index is 4.77.